The first-order valence-corrected chi connectivity index (χ1v) is 19.3. The molecule has 242 valence electrons. The van der Waals surface area contributed by atoms with Crippen LogP contribution in [0.15, 0.2) is 146 Å². The molecule has 0 N–H and O–H groups in total. The Labute approximate surface area is 308 Å². The number of benzene rings is 10. The average molecular weight is 687 g/mol. The van der Waals surface area contributed by atoms with Crippen LogP contribution in [-0.2, 0) is 5.41 Å². The van der Waals surface area contributed by atoms with Gasteiger partial charge < -0.3 is 0 Å². The van der Waals surface area contributed by atoms with E-state index in [4.69, 9.17) is 25.3 Å². The van der Waals surface area contributed by atoms with Crippen molar-refractivity contribution in [2.24, 2.45) is 0 Å². The molecule has 0 unspecified atom stereocenters. The number of rotatable bonds is 6. The van der Waals surface area contributed by atoms with E-state index in [9.17, 15) is 0 Å². The number of thiol groups is 2. The van der Waals surface area contributed by atoms with Crippen LogP contribution in [-0.4, -0.2) is 11.5 Å². The molecule has 0 bridgehead atoms. The summed E-state index contributed by atoms with van der Waals surface area (Å²) >= 11 is 9.82. The van der Waals surface area contributed by atoms with E-state index >= 15 is 0 Å². The van der Waals surface area contributed by atoms with Crippen LogP contribution in [0.3, 0.4) is 0 Å². The largest absolute Gasteiger partial charge is 0.179 e. The van der Waals surface area contributed by atoms with Crippen LogP contribution < -0.4 is 0 Å². The summed E-state index contributed by atoms with van der Waals surface area (Å²) in [6, 6.07) is 55.4. The molecule has 0 saturated heterocycles. The lowest BCUT2D eigenvalue weighted by molar-refractivity contribution is 0.500. The molecule has 0 atom stereocenters. The summed E-state index contributed by atoms with van der Waals surface area (Å²) in [5.41, 5.74) is 10.5. The molecule has 0 heterocycles. The monoisotopic (exact) mass is 686 g/mol. The summed E-state index contributed by atoms with van der Waals surface area (Å²) in [6.07, 6.45) is 1.91. The lowest BCUT2D eigenvalue weighted by atomic mass is 9.72. The van der Waals surface area contributed by atoms with Gasteiger partial charge in [0.25, 0.3) is 0 Å². The van der Waals surface area contributed by atoms with Crippen LogP contribution in [0.1, 0.15) is 24.0 Å². The minimum Gasteiger partial charge on any atom is -0.179 e. The first-order chi connectivity index (χ1) is 25.2. The summed E-state index contributed by atoms with van der Waals surface area (Å²) < 4.78 is 0. The summed E-state index contributed by atoms with van der Waals surface area (Å²) in [5.74, 6) is 1.60. The minimum atomic E-state index is -0.182. The van der Waals surface area contributed by atoms with E-state index in [1.165, 1.54) is 109 Å². The van der Waals surface area contributed by atoms with Crippen molar-refractivity contribution in [3.05, 3.63) is 157 Å². The predicted molar refractivity (Wildman–Crippen MR) is 228 cm³/mol. The second-order valence-corrected chi connectivity index (χ2v) is 15.4. The van der Waals surface area contributed by atoms with Crippen molar-refractivity contribution in [2.75, 3.05) is 11.5 Å². The van der Waals surface area contributed by atoms with Crippen LogP contribution >= 0.6 is 25.3 Å². The molecule has 11 rings (SSSR count). The summed E-state index contributed by atoms with van der Waals surface area (Å²) in [7, 11) is 0. The van der Waals surface area contributed by atoms with Crippen molar-refractivity contribution in [3.63, 3.8) is 0 Å². The first-order valence-electron chi connectivity index (χ1n) is 18.0. The molecule has 1 aliphatic carbocycles. The molecular formula is C49H34S2. The van der Waals surface area contributed by atoms with Crippen molar-refractivity contribution in [3.8, 4) is 33.4 Å². The van der Waals surface area contributed by atoms with Crippen LogP contribution in [0, 0.1) is 0 Å². The quantitative estimate of drug-likeness (QED) is 0.126. The van der Waals surface area contributed by atoms with Crippen molar-refractivity contribution in [1.29, 1.82) is 0 Å². The van der Waals surface area contributed by atoms with E-state index in [2.05, 4.69) is 146 Å². The van der Waals surface area contributed by atoms with Crippen LogP contribution in [0.25, 0.3) is 98.0 Å². The maximum Gasteiger partial charge on any atom is 0.0231 e. The molecule has 0 aliphatic heterocycles. The molecular weight excluding hydrogens is 653 g/mol. The molecule has 10 aromatic carbocycles. The summed E-state index contributed by atoms with van der Waals surface area (Å²) in [6.45, 7) is 0. The van der Waals surface area contributed by atoms with Crippen molar-refractivity contribution in [1.82, 2.24) is 0 Å². The Bertz CT molecular complexity index is 2800. The van der Waals surface area contributed by atoms with Gasteiger partial charge in [0.05, 0.1) is 0 Å². The SMILES string of the molecule is SCCC1(CCS)c2cc(-c3cc4cccc5ccc6cccc3c6c54)ccc2-c2ccc(-c3cc4cccc5ccc6cccc3c6c54)cc21. The summed E-state index contributed by atoms with van der Waals surface area (Å²) in [5, 5.41) is 15.9. The fourth-order valence-electron chi connectivity index (χ4n) is 9.88. The highest BCUT2D eigenvalue weighted by Gasteiger charge is 2.42. The maximum absolute atomic E-state index is 4.91. The Balaban J connectivity index is 1.14. The molecule has 10 aromatic rings. The van der Waals surface area contributed by atoms with E-state index in [-0.39, 0.29) is 5.41 Å². The fourth-order valence-corrected chi connectivity index (χ4v) is 10.6. The lowest BCUT2D eigenvalue weighted by Crippen LogP contribution is -2.27. The zero-order valence-corrected chi connectivity index (χ0v) is 29.9. The zero-order chi connectivity index (χ0) is 33.8. The van der Waals surface area contributed by atoms with Crippen LogP contribution in [0.5, 0.6) is 0 Å². The van der Waals surface area contributed by atoms with Gasteiger partial charge in [0.15, 0.2) is 0 Å². The topological polar surface area (TPSA) is 0 Å². The van der Waals surface area contributed by atoms with E-state index < -0.39 is 0 Å². The molecule has 0 fully saturated rings. The first kappa shape index (κ1) is 29.7. The van der Waals surface area contributed by atoms with Gasteiger partial charge in [-0.1, -0.05) is 121 Å². The Hall–Kier alpha value is -5.02. The highest BCUT2D eigenvalue weighted by molar-refractivity contribution is 7.80. The zero-order valence-electron chi connectivity index (χ0n) is 28.1. The molecule has 0 saturated carbocycles. The maximum atomic E-state index is 4.91. The highest BCUT2D eigenvalue weighted by atomic mass is 32.1. The molecule has 0 amide bonds. The molecule has 0 spiro atoms. The molecule has 1 aliphatic rings. The third-order valence-electron chi connectivity index (χ3n) is 12.1. The highest BCUT2D eigenvalue weighted by Crippen LogP contribution is 2.55. The molecule has 51 heavy (non-hydrogen) atoms. The van der Waals surface area contributed by atoms with Gasteiger partial charge in [-0.05, 0) is 158 Å². The van der Waals surface area contributed by atoms with Gasteiger partial charge in [0, 0.05) is 5.41 Å². The third-order valence-corrected chi connectivity index (χ3v) is 12.5. The van der Waals surface area contributed by atoms with Crippen molar-refractivity contribution in [2.45, 2.75) is 18.3 Å². The molecule has 0 aromatic heterocycles. The van der Waals surface area contributed by atoms with Crippen LogP contribution in [0.2, 0.25) is 0 Å². The normalized spacial score (nSPS) is 13.8. The van der Waals surface area contributed by atoms with E-state index in [1.807, 2.05) is 0 Å². The third kappa shape index (κ3) is 4.06. The fraction of sp³-hybridized carbons (Fsp3) is 0.102. The Morgan fingerprint density at radius 1 is 0.353 bits per heavy atom. The molecule has 0 nitrogen and oxygen atoms in total. The Kier molecular flexibility index (Phi) is 6.40. The van der Waals surface area contributed by atoms with Crippen molar-refractivity contribution >= 4 is 89.9 Å². The summed E-state index contributed by atoms with van der Waals surface area (Å²) in [4.78, 5) is 0. The van der Waals surface area contributed by atoms with Gasteiger partial charge in [-0.25, -0.2) is 0 Å². The van der Waals surface area contributed by atoms with Gasteiger partial charge in [-0.3, -0.25) is 0 Å². The predicted octanol–water partition coefficient (Wildman–Crippen LogP) is 13.7. The van der Waals surface area contributed by atoms with Crippen LogP contribution in [0.4, 0.5) is 0 Å². The standard InChI is InChI=1S/C49H34S2/c50-23-21-49(22-24-51)43-27-33(41-25-35-9-1-5-29-13-15-31-7-3-11-39(41)47(31)45(29)35)17-19-37(43)38-20-18-34(28-44(38)49)42-26-36-10-2-6-30-14-16-32-8-4-12-40(42)48(32)46(30)36/h1-20,25-28,50-51H,21-24H2. The van der Waals surface area contributed by atoms with E-state index in [0.29, 0.717) is 0 Å². The Morgan fingerprint density at radius 3 is 1.18 bits per heavy atom. The van der Waals surface area contributed by atoms with E-state index in [1.54, 1.807) is 0 Å². The number of hydrogen-bond donors (Lipinski definition) is 2. The second-order valence-electron chi connectivity index (χ2n) is 14.5. The van der Waals surface area contributed by atoms with Gasteiger partial charge in [0.1, 0.15) is 0 Å². The lowest BCUT2D eigenvalue weighted by Gasteiger charge is -2.32. The average Bonchev–Trinajstić information content (AvgIpc) is 3.43. The van der Waals surface area contributed by atoms with E-state index in [0.717, 1.165) is 24.3 Å². The Morgan fingerprint density at radius 2 is 0.745 bits per heavy atom. The second kappa shape index (κ2) is 11.0. The number of fused-ring (bicyclic) bond motifs is 3. The van der Waals surface area contributed by atoms with Gasteiger partial charge >= 0.3 is 0 Å². The van der Waals surface area contributed by atoms with Gasteiger partial charge in [-0.2, -0.15) is 25.3 Å². The number of hydrogen-bond acceptors (Lipinski definition) is 2. The minimum absolute atomic E-state index is 0.182. The molecule has 0 radical (unpaired) electrons. The van der Waals surface area contributed by atoms with Crippen molar-refractivity contribution < 1.29 is 0 Å². The van der Waals surface area contributed by atoms with Gasteiger partial charge in [0.2, 0.25) is 0 Å². The van der Waals surface area contributed by atoms with Gasteiger partial charge in [-0.15, -0.1) is 0 Å². The smallest absolute Gasteiger partial charge is 0.0231 e. The molecule has 2 heteroatoms.